The Balaban J connectivity index is 2.16. The highest BCUT2D eigenvalue weighted by Crippen LogP contribution is 2.30. The number of benzene rings is 2. The van der Waals surface area contributed by atoms with Crippen molar-refractivity contribution in [2.45, 2.75) is 25.6 Å². The average Bonchev–Trinajstić information content (AvgIpc) is 2.41. The number of hydrogen-bond acceptors (Lipinski definition) is 1. The van der Waals surface area contributed by atoms with Gasteiger partial charge in [0, 0.05) is 10.9 Å². The number of alkyl halides is 3. The van der Waals surface area contributed by atoms with E-state index in [2.05, 4.69) is 15.9 Å². The van der Waals surface area contributed by atoms with Crippen molar-refractivity contribution in [3.63, 3.8) is 0 Å². The van der Waals surface area contributed by atoms with Crippen molar-refractivity contribution in [1.29, 1.82) is 0 Å². The Morgan fingerprint density at radius 2 is 1.71 bits per heavy atom. The predicted molar refractivity (Wildman–Crippen MR) is 79.0 cm³/mol. The molecule has 0 aromatic heterocycles. The lowest BCUT2D eigenvalue weighted by Crippen LogP contribution is -2.06. The Bertz CT molecular complexity index is 620. The van der Waals surface area contributed by atoms with Crippen LogP contribution >= 0.6 is 15.9 Å². The van der Waals surface area contributed by atoms with E-state index in [1.165, 1.54) is 12.1 Å². The summed E-state index contributed by atoms with van der Waals surface area (Å²) < 4.78 is 38.3. The quantitative estimate of drug-likeness (QED) is 0.813. The minimum absolute atomic E-state index is 0.273. The van der Waals surface area contributed by atoms with Gasteiger partial charge in [0.2, 0.25) is 0 Å². The zero-order valence-electron chi connectivity index (χ0n) is 11.3. The second-order valence-electron chi connectivity index (χ2n) is 4.92. The molecule has 0 heterocycles. The highest BCUT2D eigenvalue weighted by Gasteiger charge is 2.30. The summed E-state index contributed by atoms with van der Waals surface area (Å²) >= 11 is 3.35. The molecule has 0 aliphatic rings. The summed E-state index contributed by atoms with van der Waals surface area (Å²) in [6.45, 7) is 1.89. The van der Waals surface area contributed by atoms with Crippen LogP contribution in [0.1, 0.15) is 28.4 Å². The van der Waals surface area contributed by atoms with Gasteiger partial charge in [-0.15, -0.1) is 0 Å². The molecule has 5 heteroatoms. The van der Waals surface area contributed by atoms with E-state index in [9.17, 15) is 18.3 Å². The first-order valence-electron chi connectivity index (χ1n) is 6.37. The summed E-state index contributed by atoms with van der Waals surface area (Å²) in [5.74, 6) is 0. The molecule has 0 radical (unpaired) electrons. The molecule has 2 aromatic rings. The first kappa shape index (κ1) is 16.0. The maximum Gasteiger partial charge on any atom is 0.416 e. The number of aliphatic hydroxyl groups is 1. The molecule has 1 nitrogen and oxygen atoms in total. The Kier molecular flexibility index (Phi) is 4.74. The largest absolute Gasteiger partial charge is 0.416 e. The number of hydrogen-bond donors (Lipinski definition) is 1. The van der Waals surface area contributed by atoms with Gasteiger partial charge in [-0.25, -0.2) is 0 Å². The summed E-state index contributed by atoms with van der Waals surface area (Å²) in [6, 6.07) is 10.5. The summed E-state index contributed by atoms with van der Waals surface area (Å²) in [4.78, 5) is 0. The fraction of sp³-hybridized carbons (Fsp3) is 0.250. The van der Waals surface area contributed by atoms with E-state index in [0.717, 1.165) is 27.7 Å². The highest BCUT2D eigenvalue weighted by molar-refractivity contribution is 9.10. The van der Waals surface area contributed by atoms with Crippen molar-refractivity contribution < 1.29 is 18.3 Å². The number of aryl methyl sites for hydroxylation is 1. The third kappa shape index (κ3) is 4.08. The molecule has 112 valence electrons. The molecule has 0 aliphatic heterocycles. The van der Waals surface area contributed by atoms with Crippen LogP contribution in [0.15, 0.2) is 46.9 Å². The average molecular weight is 359 g/mol. The molecule has 0 amide bonds. The first-order valence-corrected chi connectivity index (χ1v) is 7.17. The van der Waals surface area contributed by atoms with Crippen molar-refractivity contribution in [2.24, 2.45) is 0 Å². The van der Waals surface area contributed by atoms with Gasteiger partial charge in [-0.05, 0) is 47.9 Å². The molecule has 21 heavy (non-hydrogen) atoms. The summed E-state index contributed by atoms with van der Waals surface area (Å²) in [7, 11) is 0. The zero-order valence-corrected chi connectivity index (χ0v) is 12.9. The van der Waals surface area contributed by atoms with Gasteiger partial charge >= 0.3 is 6.18 Å². The minimum atomic E-state index is -4.34. The molecule has 0 bridgehead atoms. The Labute approximate surface area is 129 Å². The molecule has 1 N–H and O–H groups in total. The van der Waals surface area contributed by atoms with Gasteiger partial charge in [0.25, 0.3) is 0 Å². The van der Waals surface area contributed by atoms with E-state index in [0.29, 0.717) is 5.56 Å². The molecule has 0 saturated carbocycles. The summed E-state index contributed by atoms with van der Waals surface area (Å²) in [5, 5.41) is 10.3. The van der Waals surface area contributed by atoms with E-state index in [1.807, 2.05) is 25.1 Å². The molecule has 0 aliphatic carbocycles. The second kappa shape index (κ2) is 6.20. The van der Waals surface area contributed by atoms with Crippen molar-refractivity contribution in [3.05, 3.63) is 69.2 Å². The fourth-order valence-electron chi connectivity index (χ4n) is 2.13. The molecule has 1 atom stereocenters. The third-order valence-corrected chi connectivity index (χ3v) is 3.80. The van der Waals surface area contributed by atoms with Crippen LogP contribution in [0.25, 0.3) is 0 Å². The van der Waals surface area contributed by atoms with Gasteiger partial charge in [-0.1, -0.05) is 34.1 Å². The molecule has 0 fully saturated rings. The van der Waals surface area contributed by atoms with Crippen LogP contribution in [-0.2, 0) is 12.6 Å². The van der Waals surface area contributed by atoms with Crippen LogP contribution in [0, 0.1) is 6.92 Å². The molecule has 0 saturated heterocycles. The lowest BCUT2D eigenvalue weighted by molar-refractivity contribution is -0.137. The van der Waals surface area contributed by atoms with E-state index >= 15 is 0 Å². The SMILES string of the molecule is Cc1ccc(Br)cc1C(O)Cc1ccc(C(F)(F)F)cc1. The number of aliphatic hydroxyl groups excluding tert-OH is 1. The topological polar surface area (TPSA) is 20.2 Å². The molecular formula is C16H14BrF3O. The lowest BCUT2D eigenvalue weighted by Gasteiger charge is -2.15. The maximum atomic E-state index is 12.5. The molecular weight excluding hydrogens is 345 g/mol. The van der Waals surface area contributed by atoms with E-state index < -0.39 is 17.8 Å². The zero-order chi connectivity index (χ0) is 15.6. The van der Waals surface area contributed by atoms with Gasteiger partial charge in [0.1, 0.15) is 0 Å². The Morgan fingerprint density at radius 3 is 2.29 bits per heavy atom. The third-order valence-electron chi connectivity index (χ3n) is 3.31. The summed E-state index contributed by atoms with van der Waals surface area (Å²) in [5.41, 5.74) is 1.69. The minimum Gasteiger partial charge on any atom is -0.388 e. The van der Waals surface area contributed by atoms with Gasteiger partial charge < -0.3 is 5.11 Å². The van der Waals surface area contributed by atoms with E-state index in [-0.39, 0.29) is 6.42 Å². The molecule has 1 unspecified atom stereocenters. The Morgan fingerprint density at radius 1 is 1.10 bits per heavy atom. The van der Waals surface area contributed by atoms with Crippen molar-refractivity contribution in [2.75, 3.05) is 0 Å². The number of rotatable bonds is 3. The van der Waals surface area contributed by atoms with Crippen molar-refractivity contribution in [3.8, 4) is 0 Å². The van der Waals surface area contributed by atoms with Gasteiger partial charge in [0.05, 0.1) is 11.7 Å². The van der Waals surface area contributed by atoms with Crippen LogP contribution in [-0.4, -0.2) is 5.11 Å². The van der Waals surface area contributed by atoms with Crippen molar-refractivity contribution in [1.82, 2.24) is 0 Å². The smallest absolute Gasteiger partial charge is 0.388 e. The van der Waals surface area contributed by atoms with Crippen LogP contribution in [0.3, 0.4) is 0 Å². The second-order valence-corrected chi connectivity index (χ2v) is 5.83. The van der Waals surface area contributed by atoms with Crippen LogP contribution in [0.5, 0.6) is 0 Å². The van der Waals surface area contributed by atoms with Gasteiger partial charge in [-0.3, -0.25) is 0 Å². The van der Waals surface area contributed by atoms with E-state index in [4.69, 9.17) is 0 Å². The number of halogens is 4. The van der Waals surface area contributed by atoms with Crippen LogP contribution in [0.4, 0.5) is 13.2 Å². The Hall–Kier alpha value is -1.33. The predicted octanol–water partition coefficient (Wildman–Crippen LogP) is 5.05. The van der Waals surface area contributed by atoms with Crippen molar-refractivity contribution >= 4 is 15.9 Å². The highest BCUT2D eigenvalue weighted by atomic mass is 79.9. The standard InChI is InChI=1S/C16H14BrF3O/c1-10-2-7-13(17)9-14(10)15(21)8-11-3-5-12(6-4-11)16(18,19)20/h2-7,9,15,21H,8H2,1H3. The normalized spacial score (nSPS) is 13.2. The van der Waals surface area contributed by atoms with E-state index in [1.54, 1.807) is 0 Å². The van der Waals surface area contributed by atoms with Crippen LogP contribution < -0.4 is 0 Å². The molecule has 2 rings (SSSR count). The van der Waals surface area contributed by atoms with Gasteiger partial charge in [0.15, 0.2) is 0 Å². The summed E-state index contributed by atoms with van der Waals surface area (Å²) in [6.07, 6.45) is -4.81. The first-order chi connectivity index (χ1) is 9.77. The monoisotopic (exact) mass is 358 g/mol. The molecule has 0 spiro atoms. The van der Waals surface area contributed by atoms with Crippen LogP contribution in [0.2, 0.25) is 0 Å². The maximum absolute atomic E-state index is 12.5. The van der Waals surface area contributed by atoms with Gasteiger partial charge in [-0.2, -0.15) is 13.2 Å². The fourth-order valence-corrected chi connectivity index (χ4v) is 2.51. The molecule has 2 aromatic carbocycles. The lowest BCUT2D eigenvalue weighted by atomic mass is 9.97.